The Kier molecular flexibility index (Phi) is 3.90. The minimum absolute atomic E-state index is 0.102. The number of carbonyl (C=O) groups is 1. The van der Waals surface area contributed by atoms with Gasteiger partial charge in [-0.3, -0.25) is 10.1 Å². The maximum Gasteiger partial charge on any atom is 0.335 e. The molecule has 0 spiro atoms. The van der Waals surface area contributed by atoms with E-state index in [1.165, 1.54) is 30.5 Å². The number of rotatable bonds is 5. The molecule has 7 nitrogen and oxygen atoms in total. The fraction of sp³-hybridized carbons (Fsp3) is 0.0769. The van der Waals surface area contributed by atoms with Crippen LogP contribution < -0.4 is 5.32 Å². The van der Waals surface area contributed by atoms with Crippen molar-refractivity contribution in [2.45, 2.75) is 6.54 Å². The van der Waals surface area contributed by atoms with E-state index in [2.05, 4.69) is 10.3 Å². The first-order chi connectivity index (χ1) is 9.58. The smallest absolute Gasteiger partial charge is 0.335 e. The monoisotopic (exact) mass is 273 g/mol. The van der Waals surface area contributed by atoms with Gasteiger partial charge in [0.2, 0.25) is 5.82 Å². The predicted molar refractivity (Wildman–Crippen MR) is 71.6 cm³/mol. The molecule has 0 amide bonds. The summed E-state index contributed by atoms with van der Waals surface area (Å²) in [4.78, 5) is 24.9. The molecular formula is C13H11N3O4. The molecule has 0 aliphatic rings. The normalized spacial score (nSPS) is 10.0. The van der Waals surface area contributed by atoms with Crippen LogP contribution >= 0.6 is 0 Å². The van der Waals surface area contributed by atoms with Gasteiger partial charge in [-0.05, 0) is 23.8 Å². The highest BCUT2D eigenvalue weighted by molar-refractivity contribution is 5.87. The van der Waals surface area contributed by atoms with Crippen molar-refractivity contribution >= 4 is 17.5 Å². The highest BCUT2D eigenvalue weighted by Crippen LogP contribution is 2.20. The van der Waals surface area contributed by atoms with Gasteiger partial charge in [0, 0.05) is 18.8 Å². The van der Waals surface area contributed by atoms with Gasteiger partial charge in [-0.1, -0.05) is 12.1 Å². The lowest BCUT2D eigenvalue weighted by atomic mass is 10.1. The lowest BCUT2D eigenvalue weighted by Crippen LogP contribution is -2.05. The van der Waals surface area contributed by atoms with E-state index in [-0.39, 0.29) is 17.1 Å². The van der Waals surface area contributed by atoms with E-state index in [4.69, 9.17) is 5.11 Å². The third kappa shape index (κ3) is 3.08. The predicted octanol–water partition coefficient (Wildman–Crippen LogP) is 2.30. The number of aromatic carboxylic acids is 1. The van der Waals surface area contributed by atoms with Gasteiger partial charge >= 0.3 is 11.7 Å². The van der Waals surface area contributed by atoms with Crippen LogP contribution in [0.25, 0.3) is 0 Å². The van der Waals surface area contributed by atoms with E-state index in [0.717, 1.165) is 5.56 Å². The highest BCUT2D eigenvalue weighted by Gasteiger charge is 2.13. The van der Waals surface area contributed by atoms with E-state index < -0.39 is 10.9 Å². The van der Waals surface area contributed by atoms with Crippen molar-refractivity contribution < 1.29 is 14.8 Å². The van der Waals surface area contributed by atoms with Crippen molar-refractivity contribution in [2.24, 2.45) is 0 Å². The zero-order chi connectivity index (χ0) is 14.5. The molecule has 0 aliphatic heterocycles. The summed E-state index contributed by atoms with van der Waals surface area (Å²) in [6, 6.07) is 9.10. The summed E-state index contributed by atoms with van der Waals surface area (Å²) in [5, 5.41) is 22.5. The van der Waals surface area contributed by atoms with Gasteiger partial charge in [0.15, 0.2) is 0 Å². The number of nitro groups is 1. The summed E-state index contributed by atoms with van der Waals surface area (Å²) in [6.07, 6.45) is 1.46. The van der Waals surface area contributed by atoms with Gasteiger partial charge in [0.1, 0.15) is 0 Å². The Hall–Kier alpha value is -2.96. The van der Waals surface area contributed by atoms with Gasteiger partial charge in [-0.2, -0.15) is 0 Å². The summed E-state index contributed by atoms with van der Waals surface area (Å²) in [7, 11) is 0. The lowest BCUT2D eigenvalue weighted by Gasteiger charge is -2.06. The molecule has 2 aromatic rings. The number of carboxylic acids is 1. The molecule has 0 atom stereocenters. The van der Waals surface area contributed by atoms with Crippen molar-refractivity contribution in [1.82, 2.24) is 4.98 Å². The number of hydrogen-bond donors (Lipinski definition) is 2. The molecule has 2 N–H and O–H groups in total. The fourth-order valence-electron chi connectivity index (χ4n) is 1.63. The van der Waals surface area contributed by atoms with Crippen molar-refractivity contribution in [1.29, 1.82) is 0 Å². The maximum absolute atomic E-state index is 10.8. The molecule has 0 unspecified atom stereocenters. The molecule has 0 aliphatic carbocycles. The number of pyridine rings is 1. The topological polar surface area (TPSA) is 105 Å². The molecule has 1 heterocycles. The molecule has 7 heteroatoms. The summed E-state index contributed by atoms with van der Waals surface area (Å²) >= 11 is 0. The third-order valence-electron chi connectivity index (χ3n) is 2.64. The van der Waals surface area contributed by atoms with E-state index >= 15 is 0 Å². The van der Waals surface area contributed by atoms with Crippen LogP contribution in [0.3, 0.4) is 0 Å². The van der Waals surface area contributed by atoms with Crippen molar-refractivity contribution in [2.75, 3.05) is 5.32 Å². The number of aromatic nitrogens is 1. The molecule has 2 rings (SSSR count). The molecule has 0 bridgehead atoms. The summed E-state index contributed by atoms with van der Waals surface area (Å²) in [5.74, 6) is -0.815. The van der Waals surface area contributed by atoms with Gasteiger partial charge in [-0.15, -0.1) is 0 Å². The standard InChI is InChI=1S/C13H11N3O4/c17-13(18)10-5-3-9(4-6-10)8-15-12-11(16(19)20)2-1-7-14-12/h1-7H,8H2,(H,14,15)(H,17,18). The Labute approximate surface area is 114 Å². The molecule has 1 aromatic carbocycles. The second-order valence-electron chi connectivity index (χ2n) is 3.98. The number of carboxylic acid groups (broad SMARTS) is 1. The van der Waals surface area contributed by atoms with E-state index in [1.54, 1.807) is 12.1 Å². The van der Waals surface area contributed by atoms with Gasteiger partial charge < -0.3 is 10.4 Å². The summed E-state index contributed by atoms with van der Waals surface area (Å²) in [5.41, 5.74) is 0.891. The van der Waals surface area contributed by atoms with Crippen LogP contribution in [0.5, 0.6) is 0 Å². The van der Waals surface area contributed by atoms with Crippen molar-refractivity contribution in [3.63, 3.8) is 0 Å². The largest absolute Gasteiger partial charge is 0.478 e. The number of benzene rings is 1. The molecule has 1 aromatic heterocycles. The fourth-order valence-corrected chi connectivity index (χ4v) is 1.63. The Morgan fingerprint density at radius 3 is 2.60 bits per heavy atom. The molecule has 0 saturated heterocycles. The van der Waals surface area contributed by atoms with Crippen molar-refractivity contribution in [3.8, 4) is 0 Å². The SMILES string of the molecule is O=C(O)c1ccc(CNc2ncccc2[N+](=O)[O-])cc1. The van der Waals surface area contributed by atoms with Crippen LogP contribution in [0, 0.1) is 10.1 Å². The van der Waals surface area contributed by atoms with Gasteiger partial charge in [0.05, 0.1) is 10.5 Å². The number of hydrogen-bond acceptors (Lipinski definition) is 5. The molecule has 102 valence electrons. The van der Waals surface area contributed by atoms with E-state index in [1.807, 2.05) is 0 Å². The molecule has 0 radical (unpaired) electrons. The Morgan fingerprint density at radius 1 is 1.30 bits per heavy atom. The molecule has 20 heavy (non-hydrogen) atoms. The Bertz CT molecular complexity index is 640. The van der Waals surface area contributed by atoms with Gasteiger partial charge in [-0.25, -0.2) is 9.78 Å². The maximum atomic E-state index is 10.8. The summed E-state index contributed by atoms with van der Waals surface area (Å²) < 4.78 is 0. The third-order valence-corrected chi connectivity index (χ3v) is 2.64. The second kappa shape index (κ2) is 5.79. The van der Waals surface area contributed by atoms with Crippen LogP contribution in [0.1, 0.15) is 15.9 Å². The van der Waals surface area contributed by atoms with Crippen LogP contribution in [0.2, 0.25) is 0 Å². The summed E-state index contributed by atoms with van der Waals surface area (Å²) in [6.45, 7) is 0.317. The molecular weight excluding hydrogens is 262 g/mol. The minimum atomic E-state index is -0.995. The number of nitrogens with zero attached hydrogens (tertiary/aromatic N) is 2. The first-order valence-corrected chi connectivity index (χ1v) is 5.73. The molecule has 0 fully saturated rings. The van der Waals surface area contributed by atoms with Crippen LogP contribution in [-0.4, -0.2) is 21.0 Å². The minimum Gasteiger partial charge on any atom is -0.478 e. The second-order valence-corrected chi connectivity index (χ2v) is 3.98. The van der Waals surface area contributed by atoms with E-state index in [9.17, 15) is 14.9 Å². The molecule has 0 saturated carbocycles. The van der Waals surface area contributed by atoms with Gasteiger partial charge in [0.25, 0.3) is 0 Å². The zero-order valence-electron chi connectivity index (χ0n) is 10.3. The highest BCUT2D eigenvalue weighted by atomic mass is 16.6. The van der Waals surface area contributed by atoms with E-state index in [0.29, 0.717) is 6.54 Å². The Morgan fingerprint density at radius 2 is 2.00 bits per heavy atom. The quantitative estimate of drug-likeness (QED) is 0.639. The van der Waals surface area contributed by atoms with Crippen LogP contribution in [-0.2, 0) is 6.54 Å². The van der Waals surface area contributed by atoms with Crippen molar-refractivity contribution in [3.05, 3.63) is 63.8 Å². The van der Waals surface area contributed by atoms with Crippen LogP contribution in [0.15, 0.2) is 42.6 Å². The average molecular weight is 273 g/mol. The lowest BCUT2D eigenvalue weighted by molar-refractivity contribution is -0.384. The first-order valence-electron chi connectivity index (χ1n) is 5.73. The zero-order valence-corrected chi connectivity index (χ0v) is 10.3. The Balaban J connectivity index is 2.09. The number of nitrogens with one attached hydrogen (secondary N) is 1. The van der Waals surface area contributed by atoms with Crippen LogP contribution in [0.4, 0.5) is 11.5 Å². The average Bonchev–Trinajstić information content (AvgIpc) is 2.45. The number of anilines is 1. The first kappa shape index (κ1) is 13.5.